The number of hydrogen-bond acceptors (Lipinski definition) is 4. The summed E-state index contributed by atoms with van der Waals surface area (Å²) >= 11 is 0. The predicted molar refractivity (Wildman–Crippen MR) is 75.4 cm³/mol. The van der Waals surface area contributed by atoms with Crippen LogP contribution in [0.1, 0.15) is 33.1 Å². The summed E-state index contributed by atoms with van der Waals surface area (Å²) in [5.74, 6) is 0. The van der Waals surface area contributed by atoms with Gasteiger partial charge in [0.25, 0.3) is 0 Å². The fraction of sp³-hybridized carbons (Fsp3) is 0.929. The number of likely N-dealkylation sites (tertiary alicyclic amines) is 1. The van der Waals surface area contributed by atoms with Crippen LogP contribution in [0, 0.1) is 11.3 Å². The standard InChI is InChI=1S/C14H28N4/c1-12(9-14(2,11-15)16-3)18-8-6-7-13(18)10-17(4)5/h12-13,16H,6-10H2,1-5H3. The molecule has 4 heteroatoms. The van der Waals surface area contributed by atoms with Crippen LogP contribution < -0.4 is 5.32 Å². The molecule has 0 radical (unpaired) electrons. The summed E-state index contributed by atoms with van der Waals surface area (Å²) in [7, 11) is 6.14. The van der Waals surface area contributed by atoms with Crippen molar-refractivity contribution in [1.29, 1.82) is 5.26 Å². The maximum absolute atomic E-state index is 9.25. The minimum Gasteiger partial charge on any atom is -0.308 e. The Labute approximate surface area is 112 Å². The Hall–Kier alpha value is -0.630. The molecule has 1 heterocycles. The van der Waals surface area contributed by atoms with E-state index in [1.807, 2.05) is 14.0 Å². The molecule has 0 bridgehead atoms. The summed E-state index contributed by atoms with van der Waals surface area (Å²) in [4.78, 5) is 4.84. The van der Waals surface area contributed by atoms with Gasteiger partial charge >= 0.3 is 0 Å². The Kier molecular flexibility index (Phi) is 5.58. The van der Waals surface area contributed by atoms with Crippen LogP contribution >= 0.6 is 0 Å². The summed E-state index contributed by atoms with van der Waals surface area (Å²) in [6, 6.07) is 3.49. The quantitative estimate of drug-likeness (QED) is 0.773. The molecule has 0 aliphatic carbocycles. The summed E-state index contributed by atoms with van der Waals surface area (Å²) in [6.07, 6.45) is 3.45. The van der Waals surface area contributed by atoms with Gasteiger partial charge in [-0.3, -0.25) is 4.90 Å². The molecular weight excluding hydrogens is 224 g/mol. The van der Waals surface area contributed by atoms with E-state index < -0.39 is 5.54 Å². The first-order valence-electron chi connectivity index (χ1n) is 6.92. The zero-order chi connectivity index (χ0) is 13.8. The second-order valence-corrected chi connectivity index (χ2v) is 6.04. The molecule has 1 aliphatic rings. The molecule has 0 aromatic rings. The van der Waals surface area contributed by atoms with Gasteiger partial charge in [0, 0.05) is 18.6 Å². The van der Waals surface area contributed by atoms with Crippen molar-refractivity contribution in [2.75, 3.05) is 34.2 Å². The summed E-state index contributed by atoms with van der Waals surface area (Å²) in [5.41, 5.74) is -0.412. The highest BCUT2D eigenvalue weighted by molar-refractivity contribution is 5.05. The highest BCUT2D eigenvalue weighted by Gasteiger charge is 2.33. The lowest BCUT2D eigenvalue weighted by molar-refractivity contribution is 0.141. The molecule has 1 aliphatic heterocycles. The zero-order valence-electron chi connectivity index (χ0n) is 12.5. The average molecular weight is 252 g/mol. The maximum atomic E-state index is 9.25. The molecular formula is C14H28N4. The van der Waals surface area contributed by atoms with E-state index in [2.05, 4.69) is 42.2 Å². The van der Waals surface area contributed by atoms with Gasteiger partial charge in [0.05, 0.1) is 6.07 Å². The van der Waals surface area contributed by atoms with Crippen molar-refractivity contribution in [3.05, 3.63) is 0 Å². The van der Waals surface area contributed by atoms with E-state index in [-0.39, 0.29) is 0 Å². The van der Waals surface area contributed by atoms with Gasteiger partial charge in [-0.05, 0) is 60.8 Å². The van der Waals surface area contributed by atoms with Crippen LogP contribution in [0.3, 0.4) is 0 Å². The molecule has 104 valence electrons. The van der Waals surface area contributed by atoms with Crippen LogP contribution in [0.2, 0.25) is 0 Å². The normalized spacial score (nSPS) is 25.9. The highest BCUT2D eigenvalue weighted by atomic mass is 15.2. The van der Waals surface area contributed by atoms with Crippen molar-refractivity contribution in [3.63, 3.8) is 0 Å². The second kappa shape index (κ2) is 6.51. The Morgan fingerprint density at radius 1 is 1.56 bits per heavy atom. The lowest BCUT2D eigenvalue weighted by Crippen LogP contribution is -2.48. The van der Waals surface area contributed by atoms with Crippen molar-refractivity contribution in [2.24, 2.45) is 0 Å². The third-order valence-corrected chi connectivity index (χ3v) is 4.07. The van der Waals surface area contributed by atoms with Gasteiger partial charge in [-0.15, -0.1) is 0 Å². The van der Waals surface area contributed by atoms with Gasteiger partial charge in [0.1, 0.15) is 5.54 Å². The predicted octanol–water partition coefficient (Wildman–Crippen LogP) is 1.29. The summed E-state index contributed by atoms with van der Waals surface area (Å²) in [6.45, 7) is 6.53. The maximum Gasteiger partial charge on any atom is 0.105 e. The topological polar surface area (TPSA) is 42.3 Å². The number of rotatable bonds is 6. The molecule has 0 aromatic carbocycles. The number of nitrogens with one attached hydrogen (secondary N) is 1. The van der Waals surface area contributed by atoms with Crippen molar-refractivity contribution in [1.82, 2.24) is 15.1 Å². The first kappa shape index (κ1) is 15.4. The van der Waals surface area contributed by atoms with E-state index in [0.29, 0.717) is 12.1 Å². The molecule has 1 fully saturated rings. The van der Waals surface area contributed by atoms with E-state index in [1.54, 1.807) is 0 Å². The van der Waals surface area contributed by atoms with E-state index in [0.717, 1.165) is 13.0 Å². The van der Waals surface area contributed by atoms with Crippen LogP contribution in [-0.2, 0) is 0 Å². The van der Waals surface area contributed by atoms with E-state index >= 15 is 0 Å². The molecule has 4 nitrogen and oxygen atoms in total. The molecule has 1 N–H and O–H groups in total. The molecule has 1 rings (SSSR count). The number of likely N-dealkylation sites (N-methyl/N-ethyl adjacent to an activating group) is 1. The van der Waals surface area contributed by atoms with Gasteiger partial charge < -0.3 is 10.2 Å². The smallest absolute Gasteiger partial charge is 0.105 e. The van der Waals surface area contributed by atoms with Gasteiger partial charge in [0.15, 0.2) is 0 Å². The molecule has 1 saturated heterocycles. The Bertz CT molecular complexity index is 297. The van der Waals surface area contributed by atoms with Crippen LogP contribution in [0.4, 0.5) is 0 Å². The number of nitriles is 1. The Morgan fingerprint density at radius 3 is 2.72 bits per heavy atom. The first-order valence-corrected chi connectivity index (χ1v) is 6.92. The third-order valence-electron chi connectivity index (χ3n) is 4.07. The minimum absolute atomic E-state index is 0.412. The largest absolute Gasteiger partial charge is 0.308 e. The molecule has 0 amide bonds. The van der Waals surface area contributed by atoms with Crippen LogP contribution in [0.15, 0.2) is 0 Å². The molecule has 0 spiro atoms. The van der Waals surface area contributed by atoms with Crippen LogP contribution in [0.25, 0.3) is 0 Å². The second-order valence-electron chi connectivity index (χ2n) is 6.04. The molecule has 0 aromatic heterocycles. The zero-order valence-corrected chi connectivity index (χ0v) is 12.5. The fourth-order valence-electron chi connectivity index (χ4n) is 2.97. The minimum atomic E-state index is -0.412. The third kappa shape index (κ3) is 3.94. The first-order chi connectivity index (χ1) is 8.41. The van der Waals surface area contributed by atoms with E-state index in [9.17, 15) is 5.26 Å². The fourth-order valence-corrected chi connectivity index (χ4v) is 2.97. The molecule has 3 atom stereocenters. The summed E-state index contributed by atoms with van der Waals surface area (Å²) < 4.78 is 0. The summed E-state index contributed by atoms with van der Waals surface area (Å²) in [5, 5.41) is 12.4. The average Bonchev–Trinajstić information content (AvgIpc) is 2.76. The lowest BCUT2D eigenvalue weighted by atomic mass is 9.94. The van der Waals surface area contributed by atoms with Gasteiger partial charge in [-0.2, -0.15) is 5.26 Å². The molecule has 18 heavy (non-hydrogen) atoms. The van der Waals surface area contributed by atoms with E-state index in [4.69, 9.17) is 0 Å². The SMILES string of the molecule is CNC(C)(C#N)CC(C)N1CCCC1CN(C)C. The van der Waals surface area contributed by atoms with Gasteiger partial charge in [-0.1, -0.05) is 0 Å². The number of hydrogen-bond donors (Lipinski definition) is 1. The van der Waals surface area contributed by atoms with Crippen molar-refractivity contribution < 1.29 is 0 Å². The van der Waals surface area contributed by atoms with Crippen molar-refractivity contribution in [2.45, 2.75) is 50.7 Å². The Balaban J connectivity index is 2.60. The van der Waals surface area contributed by atoms with Gasteiger partial charge in [-0.25, -0.2) is 0 Å². The van der Waals surface area contributed by atoms with E-state index in [1.165, 1.54) is 19.4 Å². The van der Waals surface area contributed by atoms with Crippen molar-refractivity contribution in [3.8, 4) is 6.07 Å². The molecule has 3 unspecified atom stereocenters. The highest BCUT2D eigenvalue weighted by Crippen LogP contribution is 2.24. The molecule has 0 saturated carbocycles. The van der Waals surface area contributed by atoms with Crippen LogP contribution in [-0.4, -0.2) is 61.7 Å². The van der Waals surface area contributed by atoms with Crippen molar-refractivity contribution >= 4 is 0 Å². The Morgan fingerprint density at radius 2 is 2.22 bits per heavy atom. The monoisotopic (exact) mass is 252 g/mol. The van der Waals surface area contributed by atoms with Gasteiger partial charge in [0.2, 0.25) is 0 Å². The van der Waals surface area contributed by atoms with Crippen LogP contribution in [0.5, 0.6) is 0 Å². The number of nitrogens with zero attached hydrogens (tertiary/aromatic N) is 3. The lowest BCUT2D eigenvalue weighted by Gasteiger charge is -2.35.